The topological polar surface area (TPSA) is 41.8 Å². The number of allylic oxidation sites excluding steroid dienone is 2. The molecular formula is C11H10N2O. The molecule has 0 fully saturated rings. The van der Waals surface area contributed by atoms with E-state index in [1.165, 1.54) is 0 Å². The van der Waals surface area contributed by atoms with Crippen LogP contribution in [-0.4, -0.2) is 17.2 Å². The van der Waals surface area contributed by atoms with Crippen LogP contribution in [0.15, 0.2) is 32.5 Å². The van der Waals surface area contributed by atoms with Crippen molar-refractivity contribution < 1.29 is 4.79 Å². The molecule has 3 heteroatoms. The summed E-state index contributed by atoms with van der Waals surface area (Å²) in [5.74, 6) is 0.0312. The van der Waals surface area contributed by atoms with Crippen molar-refractivity contribution in [3.63, 3.8) is 0 Å². The number of ketones is 1. The zero-order valence-electron chi connectivity index (χ0n) is 8.22. The largest absolute Gasteiger partial charge is 0.285 e. The van der Waals surface area contributed by atoms with Gasteiger partial charge in [0.1, 0.15) is 11.4 Å². The maximum atomic E-state index is 11.8. The second-order valence-corrected chi connectivity index (χ2v) is 4.03. The highest BCUT2D eigenvalue weighted by molar-refractivity contribution is 6.19. The molecule has 1 aliphatic carbocycles. The van der Waals surface area contributed by atoms with Gasteiger partial charge in [0.15, 0.2) is 0 Å². The molecule has 0 atom stereocenters. The molecule has 0 aromatic carbocycles. The predicted molar refractivity (Wildman–Crippen MR) is 54.5 cm³/mol. The minimum absolute atomic E-state index is 0.0312. The summed E-state index contributed by atoms with van der Waals surface area (Å²) in [4.78, 5) is 20.4. The van der Waals surface area contributed by atoms with Crippen LogP contribution in [0.5, 0.6) is 0 Å². The Labute approximate surface area is 81.9 Å². The highest BCUT2D eigenvalue weighted by Crippen LogP contribution is 2.41. The van der Waals surface area contributed by atoms with Gasteiger partial charge in [0.2, 0.25) is 5.78 Å². The number of Topliss-reactive ketones (excluding diaryl/α,β-unsaturated/α-hetero) is 1. The van der Waals surface area contributed by atoms with Gasteiger partial charge in [0.05, 0.1) is 0 Å². The van der Waals surface area contributed by atoms with Gasteiger partial charge in [-0.15, -0.1) is 0 Å². The third-order valence-corrected chi connectivity index (χ3v) is 2.84. The maximum Gasteiger partial charge on any atom is 0.230 e. The Kier molecular flexibility index (Phi) is 1.29. The van der Waals surface area contributed by atoms with Gasteiger partial charge in [-0.25, -0.2) is 0 Å². The summed E-state index contributed by atoms with van der Waals surface area (Å²) in [6, 6.07) is 0. The minimum atomic E-state index is 0.0312. The van der Waals surface area contributed by atoms with Gasteiger partial charge in [-0.2, -0.15) is 0 Å². The molecule has 3 rings (SSSR count). The molecule has 14 heavy (non-hydrogen) atoms. The number of fused-ring (bicyclic) bond motifs is 1. The molecule has 0 saturated heterocycles. The zero-order chi connectivity index (χ0) is 9.87. The first-order valence-electron chi connectivity index (χ1n) is 4.76. The molecule has 3 aliphatic rings. The molecule has 0 bridgehead atoms. The van der Waals surface area contributed by atoms with Crippen LogP contribution in [0.25, 0.3) is 0 Å². The Hall–Kier alpha value is -1.51. The van der Waals surface area contributed by atoms with Crippen LogP contribution in [-0.2, 0) is 4.79 Å². The van der Waals surface area contributed by atoms with Crippen molar-refractivity contribution in [3.8, 4) is 0 Å². The van der Waals surface area contributed by atoms with Gasteiger partial charge in [-0.3, -0.25) is 14.8 Å². The van der Waals surface area contributed by atoms with Crippen molar-refractivity contribution in [2.45, 2.75) is 26.7 Å². The number of carbonyl (C=O) groups is 1. The highest BCUT2D eigenvalue weighted by Gasteiger charge is 2.37. The lowest BCUT2D eigenvalue weighted by Crippen LogP contribution is -1.98. The Morgan fingerprint density at radius 1 is 0.929 bits per heavy atom. The summed E-state index contributed by atoms with van der Waals surface area (Å²) >= 11 is 0. The lowest BCUT2D eigenvalue weighted by molar-refractivity contribution is -0.112. The highest BCUT2D eigenvalue weighted by atomic mass is 16.1. The van der Waals surface area contributed by atoms with E-state index in [2.05, 4.69) is 9.98 Å². The number of nitrogens with zero attached hydrogens (tertiary/aromatic N) is 2. The van der Waals surface area contributed by atoms with Crippen molar-refractivity contribution in [1.29, 1.82) is 0 Å². The van der Waals surface area contributed by atoms with Crippen molar-refractivity contribution >= 4 is 17.2 Å². The summed E-state index contributed by atoms with van der Waals surface area (Å²) in [7, 11) is 0. The molecule has 0 unspecified atom stereocenters. The van der Waals surface area contributed by atoms with E-state index >= 15 is 0 Å². The zero-order valence-corrected chi connectivity index (χ0v) is 8.22. The van der Waals surface area contributed by atoms with Crippen molar-refractivity contribution in [1.82, 2.24) is 0 Å². The maximum absolute atomic E-state index is 11.8. The first kappa shape index (κ1) is 7.85. The van der Waals surface area contributed by atoms with E-state index in [-0.39, 0.29) is 5.78 Å². The summed E-state index contributed by atoms with van der Waals surface area (Å²) in [6.07, 6.45) is 1.67. The second kappa shape index (κ2) is 2.29. The van der Waals surface area contributed by atoms with Gasteiger partial charge in [0, 0.05) is 24.3 Å². The van der Waals surface area contributed by atoms with Crippen molar-refractivity contribution in [2.24, 2.45) is 9.98 Å². The standard InChI is InChI=1S/C11H10N2O/c1-5-3-7-8-4-6(2)13-10(8)11(14)9(7)12-5/h3-4H2,1-2H3. The van der Waals surface area contributed by atoms with Gasteiger partial charge in [-0.1, -0.05) is 0 Å². The summed E-state index contributed by atoms with van der Waals surface area (Å²) < 4.78 is 0. The first-order valence-corrected chi connectivity index (χ1v) is 4.76. The summed E-state index contributed by atoms with van der Waals surface area (Å²) in [6.45, 7) is 3.93. The fourth-order valence-electron chi connectivity index (χ4n) is 2.26. The summed E-state index contributed by atoms with van der Waals surface area (Å²) in [5.41, 5.74) is 5.65. The second-order valence-electron chi connectivity index (χ2n) is 4.03. The third kappa shape index (κ3) is 0.794. The molecule has 0 N–H and O–H groups in total. The average molecular weight is 186 g/mol. The van der Waals surface area contributed by atoms with E-state index in [9.17, 15) is 4.79 Å². The Morgan fingerprint density at radius 2 is 1.36 bits per heavy atom. The van der Waals surface area contributed by atoms with Crippen LogP contribution in [0.4, 0.5) is 0 Å². The van der Waals surface area contributed by atoms with Crippen molar-refractivity contribution in [3.05, 3.63) is 22.5 Å². The molecule has 0 aromatic rings. The SMILES string of the molecule is CC1=NC2=C(C1)C1=C(N=C(C)C1)C2=O. The van der Waals surface area contributed by atoms with E-state index in [0.29, 0.717) is 11.4 Å². The fraction of sp³-hybridized carbons (Fsp3) is 0.364. The van der Waals surface area contributed by atoms with E-state index in [4.69, 9.17) is 0 Å². The Bertz CT molecular complexity index is 445. The number of hydrogen-bond donors (Lipinski definition) is 0. The lowest BCUT2D eigenvalue weighted by Gasteiger charge is -1.99. The van der Waals surface area contributed by atoms with E-state index < -0.39 is 0 Å². The van der Waals surface area contributed by atoms with Crippen LogP contribution in [0, 0.1) is 0 Å². The number of hydrogen-bond acceptors (Lipinski definition) is 3. The molecule has 2 aliphatic heterocycles. The average Bonchev–Trinajstić information content (AvgIpc) is 2.71. The Morgan fingerprint density at radius 3 is 1.79 bits per heavy atom. The van der Waals surface area contributed by atoms with Crippen LogP contribution < -0.4 is 0 Å². The molecular weight excluding hydrogens is 176 g/mol. The number of aliphatic imine (C=N–C) groups is 2. The van der Waals surface area contributed by atoms with Gasteiger partial charge >= 0.3 is 0 Å². The van der Waals surface area contributed by atoms with Crippen LogP contribution in [0.1, 0.15) is 26.7 Å². The van der Waals surface area contributed by atoms with E-state index in [0.717, 1.165) is 35.4 Å². The normalized spacial score (nSPS) is 24.3. The molecule has 0 radical (unpaired) electrons. The van der Waals surface area contributed by atoms with Crippen LogP contribution in [0.3, 0.4) is 0 Å². The number of carbonyl (C=O) groups excluding carboxylic acids is 1. The summed E-state index contributed by atoms with van der Waals surface area (Å²) in [5, 5.41) is 0. The fourth-order valence-corrected chi connectivity index (χ4v) is 2.26. The van der Waals surface area contributed by atoms with Gasteiger partial charge in [-0.05, 0) is 25.0 Å². The van der Waals surface area contributed by atoms with Crippen LogP contribution >= 0.6 is 0 Å². The molecule has 2 heterocycles. The number of rotatable bonds is 0. The molecule has 70 valence electrons. The third-order valence-electron chi connectivity index (χ3n) is 2.84. The molecule has 0 saturated carbocycles. The first-order chi connectivity index (χ1) is 6.66. The Balaban J connectivity index is 2.09. The molecule has 0 amide bonds. The van der Waals surface area contributed by atoms with E-state index in [1.807, 2.05) is 13.8 Å². The minimum Gasteiger partial charge on any atom is -0.285 e. The van der Waals surface area contributed by atoms with Gasteiger partial charge < -0.3 is 0 Å². The van der Waals surface area contributed by atoms with Crippen molar-refractivity contribution in [2.75, 3.05) is 0 Å². The quantitative estimate of drug-likeness (QED) is 0.568. The lowest BCUT2D eigenvalue weighted by atomic mass is 10.0. The molecule has 0 aromatic heterocycles. The smallest absolute Gasteiger partial charge is 0.230 e. The monoisotopic (exact) mass is 186 g/mol. The van der Waals surface area contributed by atoms with Crippen LogP contribution in [0.2, 0.25) is 0 Å². The molecule has 0 spiro atoms. The molecule has 3 nitrogen and oxygen atoms in total. The van der Waals surface area contributed by atoms with E-state index in [1.54, 1.807) is 0 Å². The predicted octanol–water partition coefficient (Wildman–Crippen LogP) is 1.81. The van der Waals surface area contributed by atoms with Gasteiger partial charge in [0.25, 0.3) is 0 Å².